The van der Waals surface area contributed by atoms with E-state index in [2.05, 4.69) is 30.0 Å². The van der Waals surface area contributed by atoms with Crippen molar-refractivity contribution in [2.45, 2.75) is 45.4 Å². The van der Waals surface area contributed by atoms with Gasteiger partial charge in [-0.25, -0.2) is 0 Å². The molecule has 0 radical (unpaired) electrons. The molecule has 0 N–H and O–H groups in total. The molecule has 3 nitrogen and oxygen atoms in total. The van der Waals surface area contributed by atoms with Gasteiger partial charge in [-0.2, -0.15) is 0 Å². The Kier molecular flexibility index (Phi) is 6.13. The number of rotatable bonds is 4. The predicted molar refractivity (Wildman–Crippen MR) is 90.8 cm³/mol. The van der Waals surface area contributed by atoms with Crippen molar-refractivity contribution in [1.29, 1.82) is 0 Å². The lowest BCUT2D eigenvalue weighted by Crippen LogP contribution is -2.40. The molecule has 1 fully saturated rings. The summed E-state index contributed by atoms with van der Waals surface area (Å²) in [5.41, 5.74) is 2.57. The van der Waals surface area contributed by atoms with Crippen LogP contribution in [0.3, 0.4) is 0 Å². The quantitative estimate of drug-likeness (QED) is 0.847. The van der Waals surface area contributed by atoms with Gasteiger partial charge in [-0.1, -0.05) is 19.1 Å². The first-order valence-corrected chi connectivity index (χ1v) is 8.31. The Morgan fingerprint density at radius 1 is 1.27 bits per heavy atom. The molecule has 4 heteroatoms. The molecule has 22 heavy (non-hydrogen) atoms. The van der Waals surface area contributed by atoms with Crippen LogP contribution in [0.2, 0.25) is 0 Å². The van der Waals surface area contributed by atoms with Gasteiger partial charge in [0.1, 0.15) is 5.75 Å². The van der Waals surface area contributed by atoms with Crippen molar-refractivity contribution in [2.75, 3.05) is 19.7 Å². The highest BCUT2D eigenvalue weighted by Crippen LogP contribution is 2.27. The number of carbonyl (C=O) groups is 1. The fourth-order valence-electron chi connectivity index (χ4n) is 3.43. The molecule has 2 heterocycles. The average molecular weight is 324 g/mol. The Labute approximate surface area is 139 Å². The number of fused-ring (bicyclic) bond motifs is 1. The standard InChI is InChI=1S/C18H25NO2.ClH/c1-2-15(18(20)19-9-4-3-5-10-19)12-14-6-7-17-16(13-14)8-11-21-17;/h6-7,13,15H,2-5,8-12H2,1H3;1H. The van der Waals surface area contributed by atoms with E-state index in [-0.39, 0.29) is 18.3 Å². The van der Waals surface area contributed by atoms with Crippen LogP contribution in [-0.4, -0.2) is 30.5 Å². The second-order valence-electron chi connectivity index (χ2n) is 6.24. The van der Waals surface area contributed by atoms with Crippen molar-refractivity contribution < 1.29 is 9.53 Å². The monoisotopic (exact) mass is 323 g/mol. The minimum absolute atomic E-state index is 0. The zero-order valence-electron chi connectivity index (χ0n) is 13.3. The molecule has 0 spiro atoms. The van der Waals surface area contributed by atoms with Crippen molar-refractivity contribution in [3.63, 3.8) is 0 Å². The van der Waals surface area contributed by atoms with Crippen LogP contribution in [0.15, 0.2) is 18.2 Å². The summed E-state index contributed by atoms with van der Waals surface area (Å²) in [7, 11) is 0. The molecule has 1 amide bonds. The lowest BCUT2D eigenvalue weighted by molar-refractivity contribution is -0.136. The molecule has 1 atom stereocenters. The maximum absolute atomic E-state index is 12.7. The predicted octanol–water partition coefficient (Wildman–Crippen LogP) is 3.62. The van der Waals surface area contributed by atoms with Gasteiger partial charge in [-0.05, 0) is 49.3 Å². The number of amides is 1. The van der Waals surface area contributed by atoms with Crippen LogP contribution in [0, 0.1) is 5.92 Å². The Balaban J connectivity index is 0.00000176. The van der Waals surface area contributed by atoms with E-state index in [9.17, 15) is 4.79 Å². The summed E-state index contributed by atoms with van der Waals surface area (Å²) in [6.07, 6.45) is 6.38. The molecule has 1 unspecified atom stereocenters. The largest absolute Gasteiger partial charge is 0.493 e. The second kappa shape index (κ2) is 7.87. The Bertz CT molecular complexity index is 512. The minimum Gasteiger partial charge on any atom is -0.493 e. The van der Waals surface area contributed by atoms with Crippen molar-refractivity contribution in [3.8, 4) is 5.75 Å². The first-order valence-electron chi connectivity index (χ1n) is 8.31. The van der Waals surface area contributed by atoms with Gasteiger partial charge in [0.25, 0.3) is 0 Å². The number of halogens is 1. The molecule has 0 aliphatic carbocycles. The van der Waals surface area contributed by atoms with Gasteiger partial charge in [0, 0.05) is 25.4 Å². The Morgan fingerprint density at radius 3 is 2.77 bits per heavy atom. The molecular formula is C18H26ClNO2. The van der Waals surface area contributed by atoms with Crippen LogP contribution < -0.4 is 4.74 Å². The molecule has 0 saturated carbocycles. The first kappa shape index (κ1) is 17.1. The highest BCUT2D eigenvalue weighted by molar-refractivity contribution is 5.85. The number of likely N-dealkylation sites (tertiary alicyclic amines) is 1. The van der Waals surface area contributed by atoms with Crippen molar-refractivity contribution in [3.05, 3.63) is 29.3 Å². The van der Waals surface area contributed by atoms with Gasteiger partial charge in [0.15, 0.2) is 0 Å². The topological polar surface area (TPSA) is 29.5 Å². The summed E-state index contributed by atoms with van der Waals surface area (Å²) >= 11 is 0. The highest BCUT2D eigenvalue weighted by Gasteiger charge is 2.24. The normalized spacial score (nSPS) is 18.1. The zero-order valence-corrected chi connectivity index (χ0v) is 14.2. The smallest absolute Gasteiger partial charge is 0.226 e. The molecule has 2 aliphatic rings. The van der Waals surface area contributed by atoms with Gasteiger partial charge in [0.2, 0.25) is 5.91 Å². The van der Waals surface area contributed by atoms with Crippen molar-refractivity contribution in [2.24, 2.45) is 5.92 Å². The first-order chi connectivity index (χ1) is 10.3. The van der Waals surface area contributed by atoms with E-state index in [1.807, 2.05) is 0 Å². The van der Waals surface area contributed by atoms with E-state index in [1.165, 1.54) is 30.4 Å². The summed E-state index contributed by atoms with van der Waals surface area (Å²) in [6, 6.07) is 6.42. The molecule has 2 aliphatic heterocycles. The highest BCUT2D eigenvalue weighted by atomic mass is 35.5. The van der Waals surface area contributed by atoms with Crippen LogP contribution in [0.25, 0.3) is 0 Å². The van der Waals surface area contributed by atoms with Crippen LogP contribution in [0.1, 0.15) is 43.7 Å². The van der Waals surface area contributed by atoms with E-state index >= 15 is 0 Å². The summed E-state index contributed by atoms with van der Waals surface area (Å²) < 4.78 is 5.55. The molecular weight excluding hydrogens is 298 g/mol. The molecule has 0 aromatic heterocycles. The maximum Gasteiger partial charge on any atom is 0.226 e. The number of piperidine rings is 1. The van der Waals surface area contributed by atoms with Gasteiger partial charge in [-0.15, -0.1) is 12.4 Å². The van der Waals surface area contributed by atoms with Gasteiger partial charge in [-0.3, -0.25) is 4.79 Å². The van der Waals surface area contributed by atoms with E-state index in [0.29, 0.717) is 5.91 Å². The molecule has 0 bridgehead atoms. The fourth-order valence-corrected chi connectivity index (χ4v) is 3.43. The van der Waals surface area contributed by atoms with E-state index in [4.69, 9.17) is 4.74 Å². The van der Waals surface area contributed by atoms with E-state index in [0.717, 1.165) is 44.7 Å². The average Bonchev–Trinajstić information content (AvgIpc) is 3.00. The minimum atomic E-state index is 0. The Hall–Kier alpha value is -1.22. The van der Waals surface area contributed by atoms with Gasteiger partial charge in [0.05, 0.1) is 6.61 Å². The second-order valence-corrected chi connectivity index (χ2v) is 6.24. The van der Waals surface area contributed by atoms with E-state index in [1.54, 1.807) is 0 Å². The summed E-state index contributed by atoms with van der Waals surface area (Å²) in [5.74, 6) is 1.51. The van der Waals surface area contributed by atoms with Gasteiger partial charge < -0.3 is 9.64 Å². The number of hydrogen-bond acceptors (Lipinski definition) is 2. The van der Waals surface area contributed by atoms with Crippen LogP contribution in [0.5, 0.6) is 5.75 Å². The van der Waals surface area contributed by atoms with E-state index < -0.39 is 0 Å². The number of carbonyl (C=O) groups excluding carboxylic acids is 1. The molecule has 122 valence electrons. The number of hydrogen-bond donors (Lipinski definition) is 0. The zero-order chi connectivity index (χ0) is 14.7. The van der Waals surface area contributed by atoms with Crippen LogP contribution in [0.4, 0.5) is 0 Å². The third-order valence-electron chi connectivity index (χ3n) is 4.75. The lowest BCUT2D eigenvalue weighted by Gasteiger charge is -2.30. The number of benzene rings is 1. The van der Waals surface area contributed by atoms with Crippen molar-refractivity contribution >= 4 is 18.3 Å². The number of ether oxygens (including phenoxy) is 1. The van der Waals surface area contributed by atoms with Crippen LogP contribution in [-0.2, 0) is 17.6 Å². The summed E-state index contributed by atoms with van der Waals surface area (Å²) in [6.45, 7) is 4.83. The van der Waals surface area contributed by atoms with Crippen LogP contribution >= 0.6 is 12.4 Å². The maximum atomic E-state index is 12.7. The SMILES string of the molecule is CCC(Cc1ccc2c(c1)CCO2)C(=O)N1CCCCC1.Cl. The summed E-state index contributed by atoms with van der Waals surface area (Å²) in [4.78, 5) is 14.7. The Morgan fingerprint density at radius 2 is 2.05 bits per heavy atom. The summed E-state index contributed by atoms with van der Waals surface area (Å²) in [5, 5.41) is 0. The third kappa shape index (κ3) is 3.75. The molecule has 3 rings (SSSR count). The fraction of sp³-hybridized carbons (Fsp3) is 0.611. The molecule has 1 aromatic rings. The molecule has 1 aromatic carbocycles. The molecule has 1 saturated heterocycles. The van der Waals surface area contributed by atoms with Crippen molar-refractivity contribution in [1.82, 2.24) is 4.90 Å². The lowest BCUT2D eigenvalue weighted by atomic mass is 9.93. The third-order valence-corrected chi connectivity index (χ3v) is 4.75. The van der Waals surface area contributed by atoms with Gasteiger partial charge >= 0.3 is 0 Å². The number of nitrogens with zero attached hydrogens (tertiary/aromatic N) is 1.